The van der Waals surface area contributed by atoms with Crippen molar-refractivity contribution < 1.29 is 22.7 Å². The topological polar surface area (TPSA) is 29.5 Å². The number of ether oxygens (including phenoxy) is 1. The van der Waals surface area contributed by atoms with Crippen molar-refractivity contribution in [3.8, 4) is 0 Å². The molecule has 0 bridgehead atoms. The van der Waals surface area contributed by atoms with Gasteiger partial charge in [-0.3, -0.25) is 0 Å². The first-order valence-electron chi connectivity index (χ1n) is 7.05. The average Bonchev–Trinajstić information content (AvgIpc) is 2.22. The minimum Gasteiger partial charge on any atom is -0.444 e. The van der Waals surface area contributed by atoms with Crippen LogP contribution < -0.4 is 0 Å². The van der Waals surface area contributed by atoms with Crippen LogP contribution in [-0.2, 0) is 4.74 Å². The fourth-order valence-electron chi connectivity index (χ4n) is 3.12. The van der Waals surface area contributed by atoms with Crippen molar-refractivity contribution in [2.75, 3.05) is 13.1 Å². The molecule has 1 aliphatic heterocycles. The number of alkyl halides is 3. The lowest BCUT2D eigenvalue weighted by molar-refractivity contribution is -0.227. The molecule has 20 heavy (non-hydrogen) atoms. The third-order valence-corrected chi connectivity index (χ3v) is 4.30. The molecule has 0 aromatic rings. The molecule has 1 saturated heterocycles. The van der Waals surface area contributed by atoms with Gasteiger partial charge in [0.2, 0.25) is 0 Å². The largest absolute Gasteiger partial charge is 0.444 e. The molecule has 1 heterocycles. The fourth-order valence-corrected chi connectivity index (χ4v) is 3.12. The molecule has 6 heteroatoms. The SMILES string of the molecule is CC(C)(C)OC(=O)N1CCC2(CC1)CC(C(F)(F)F)C2. The molecule has 0 aromatic carbocycles. The molecule has 0 aromatic heterocycles. The van der Waals surface area contributed by atoms with E-state index in [1.165, 1.54) is 0 Å². The third kappa shape index (κ3) is 3.38. The Morgan fingerprint density at radius 1 is 1.15 bits per heavy atom. The maximum Gasteiger partial charge on any atom is 0.410 e. The lowest BCUT2D eigenvalue weighted by atomic mass is 9.57. The van der Waals surface area contributed by atoms with E-state index in [2.05, 4.69) is 0 Å². The number of nitrogens with zero attached hydrogens (tertiary/aromatic N) is 1. The zero-order valence-electron chi connectivity index (χ0n) is 12.2. The Kier molecular flexibility index (Phi) is 3.71. The van der Waals surface area contributed by atoms with Gasteiger partial charge in [0.15, 0.2) is 0 Å². The van der Waals surface area contributed by atoms with Gasteiger partial charge in [0, 0.05) is 13.1 Å². The van der Waals surface area contributed by atoms with E-state index in [-0.39, 0.29) is 24.3 Å². The van der Waals surface area contributed by atoms with Crippen molar-refractivity contribution in [3.63, 3.8) is 0 Å². The summed E-state index contributed by atoms with van der Waals surface area (Å²) in [5.41, 5.74) is -0.733. The molecule has 1 aliphatic carbocycles. The Labute approximate surface area is 117 Å². The van der Waals surface area contributed by atoms with Gasteiger partial charge in [-0.15, -0.1) is 0 Å². The molecule has 0 radical (unpaired) electrons. The second-order valence-corrected chi connectivity index (χ2v) is 7.11. The number of hydrogen-bond donors (Lipinski definition) is 0. The highest BCUT2D eigenvalue weighted by Gasteiger charge is 2.56. The van der Waals surface area contributed by atoms with Crippen LogP contribution in [0.2, 0.25) is 0 Å². The van der Waals surface area contributed by atoms with Crippen LogP contribution in [-0.4, -0.2) is 35.9 Å². The van der Waals surface area contributed by atoms with Crippen LogP contribution in [0.4, 0.5) is 18.0 Å². The van der Waals surface area contributed by atoms with Crippen molar-refractivity contribution in [3.05, 3.63) is 0 Å². The predicted molar refractivity (Wildman–Crippen MR) is 68.3 cm³/mol. The Hall–Kier alpha value is -0.940. The number of hydrogen-bond acceptors (Lipinski definition) is 2. The zero-order valence-corrected chi connectivity index (χ0v) is 12.2. The molecule has 2 aliphatic rings. The van der Waals surface area contributed by atoms with E-state index in [0.717, 1.165) is 0 Å². The van der Waals surface area contributed by atoms with E-state index in [1.807, 2.05) is 0 Å². The van der Waals surface area contributed by atoms with Gasteiger partial charge in [0.05, 0.1) is 5.92 Å². The number of carbonyl (C=O) groups excluding carboxylic acids is 1. The van der Waals surface area contributed by atoms with Crippen LogP contribution in [0.25, 0.3) is 0 Å². The number of piperidine rings is 1. The van der Waals surface area contributed by atoms with E-state index >= 15 is 0 Å². The molecule has 2 rings (SSSR count). The maximum atomic E-state index is 12.5. The lowest BCUT2D eigenvalue weighted by Crippen LogP contribution is -2.52. The molecule has 116 valence electrons. The Morgan fingerprint density at radius 3 is 2.05 bits per heavy atom. The lowest BCUT2D eigenvalue weighted by Gasteiger charge is -2.52. The summed E-state index contributed by atoms with van der Waals surface area (Å²) < 4.78 is 42.9. The van der Waals surface area contributed by atoms with E-state index in [1.54, 1.807) is 25.7 Å². The van der Waals surface area contributed by atoms with Crippen LogP contribution in [0.15, 0.2) is 0 Å². The minimum absolute atomic E-state index is 0.196. The van der Waals surface area contributed by atoms with E-state index in [0.29, 0.717) is 25.9 Å². The molecule has 0 atom stereocenters. The van der Waals surface area contributed by atoms with Crippen LogP contribution >= 0.6 is 0 Å². The monoisotopic (exact) mass is 293 g/mol. The zero-order chi connectivity index (χ0) is 15.2. The van der Waals surface area contributed by atoms with Crippen molar-refractivity contribution in [1.82, 2.24) is 4.90 Å². The van der Waals surface area contributed by atoms with E-state index in [4.69, 9.17) is 4.74 Å². The third-order valence-electron chi connectivity index (χ3n) is 4.30. The van der Waals surface area contributed by atoms with Crippen molar-refractivity contribution in [1.29, 1.82) is 0 Å². The summed E-state index contributed by atoms with van der Waals surface area (Å²) in [6.45, 7) is 6.40. The number of rotatable bonds is 0. The van der Waals surface area contributed by atoms with Gasteiger partial charge in [-0.25, -0.2) is 4.79 Å². The molecular weight excluding hydrogens is 271 g/mol. The number of halogens is 3. The van der Waals surface area contributed by atoms with Crippen LogP contribution in [0.5, 0.6) is 0 Å². The Balaban J connectivity index is 1.81. The summed E-state index contributed by atoms with van der Waals surface area (Å²) in [7, 11) is 0. The van der Waals surface area contributed by atoms with Gasteiger partial charge in [-0.2, -0.15) is 13.2 Å². The number of amides is 1. The van der Waals surface area contributed by atoms with Gasteiger partial charge < -0.3 is 9.64 Å². The molecule has 0 unspecified atom stereocenters. The summed E-state index contributed by atoms with van der Waals surface area (Å²) in [4.78, 5) is 13.5. The van der Waals surface area contributed by atoms with Gasteiger partial charge in [0.25, 0.3) is 0 Å². The molecular formula is C14H22F3NO2. The Morgan fingerprint density at radius 2 is 1.65 bits per heavy atom. The van der Waals surface area contributed by atoms with Gasteiger partial charge >= 0.3 is 12.3 Å². The second kappa shape index (κ2) is 4.81. The molecule has 0 N–H and O–H groups in total. The smallest absolute Gasteiger partial charge is 0.410 e. The highest BCUT2D eigenvalue weighted by Crippen LogP contribution is 2.57. The quantitative estimate of drug-likeness (QED) is 0.676. The Bertz CT molecular complexity index is 371. The van der Waals surface area contributed by atoms with E-state index < -0.39 is 17.7 Å². The summed E-state index contributed by atoms with van der Waals surface area (Å²) in [6, 6.07) is 0. The second-order valence-electron chi connectivity index (χ2n) is 7.11. The molecule has 1 saturated carbocycles. The molecule has 1 spiro atoms. The molecule has 2 fully saturated rings. The van der Waals surface area contributed by atoms with E-state index in [9.17, 15) is 18.0 Å². The van der Waals surface area contributed by atoms with Crippen molar-refractivity contribution in [2.45, 2.75) is 58.2 Å². The summed E-state index contributed by atoms with van der Waals surface area (Å²) in [5.74, 6) is -1.14. The average molecular weight is 293 g/mol. The van der Waals surface area contributed by atoms with Crippen LogP contribution in [0.1, 0.15) is 46.5 Å². The highest BCUT2D eigenvalue weighted by molar-refractivity contribution is 5.68. The standard InChI is InChI=1S/C14H22F3NO2/c1-12(2,3)20-11(19)18-6-4-13(5-7-18)8-10(9-13)14(15,16)17/h10H,4-9H2,1-3H3. The molecule has 1 amide bonds. The fraction of sp³-hybridized carbons (Fsp3) is 0.929. The summed E-state index contributed by atoms with van der Waals surface area (Å²) >= 11 is 0. The van der Waals surface area contributed by atoms with Crippen molar-refractivity contribution in [2.24, 2.45) is 11.3 Å². The minimum atomic E-state index is -4.06. The summed E-state index contributed by atoms with van der Waals surface area (Å²) in [6.07, 6.45) is -2.68. The molecule has 3 nitrogen and oxygen atoms in total. The van der Waals surface area contributed by atoms with Crippen LogP contribution in [0.3, 0.4) is 0 Å². The van der Waals surface area contributed by atoms with Crippen molar-refractivity contribution >= 4 is 6.09 Å². The first-order chi connectivity index (χ1) is 9.01. The summed E-state index contributed by atoms with van der Waals surface area (Å²) in [5, 5.41) is 0. The normalized spacial score (nSPS) is 23.6. The first-order valence-corrected chi connectivity index (χ1v) is 7.05. The van der Waals surface area contributed by atoms with Gasteiger partial charge in [-0.05, 0) is 51.9 Å². The van der Waals surface area contributed by atoms with Gasteiger partial charge in [0.1, 0.15) is 5.60 Å². The first kappa shape index (κ1) is 15.4. The number of likely N-dealkylation sites (tertiary alicyclic amines) is 1. The predicted octanol–water partition coefficient (Wildman–Crippen LogP) is 3.98. The number of carbonyl (C=O) groups is 1. The maximum absolute atomic E-state index is 12.5. The van der Waals surface area contributed by atoms with Gasteiger partial charge in [-0.1, -0.05) is 0 Å². The van der Waals surface area contributed by atoms with Crippen LogP contribution in [0, 0.1) is 11.3 Å². The highest BCUT2D eigenvalue weighted by atomic mass is 19.4.